The van der Waals surface area contributed by atoms with Gasteiger partial charge in [0.15, 0.2) is 0 Å². The highest BCUT2D eigenvalue weighted by atomic mass is 35.5. The van der Waals surface area contributed by atoms with Gasteiger partial charge in [0.2, 0.25) is 29.6 Å². The highest BCUT2D eigenvalue weighted by molar-refractivity contribution is 6.33. The molecule has 3 saturated heterocycles. The number of anilines is 1. The lowest BCUT2D eigenvalue weighted by molar-refractivity contribution is -0.141. The van der Waals surface area contributed by atoms with Crippen molar-refractivity contribution >= 4 is 53.0 Å². The molecule has 14 nitrogen and oxygen atoms in total. The van der Waals surface area contributed by atoms with E-state index in [1.807, 2.05) is 78.3 Å². The van der Waals surface area contributed by atoms with E-state index >= 15 is 0 Å². The molecular weight excluding hydrogens is 894 g/mol. The summed E-state index contributed by atoms with van der Waals surface area (Å²) in [4.78, 5) is 91.5. The largest absolute Gasteiger partial charge is 0.494 e. The lowest BCUT2D eigenvalue weighted by Crippen LogP contribution is -2.54. The van der Waals surface area contributed by atoms with Crippen LogP contribution in [-0.2, 0) is 19.2 Å². The lowest BCUT2D eigenvalue weighted by Gasteiger charge is -2.38. The van der Waals surface area contributed by atoms with Gasteiger partial charge in [-0.3, -0.25) is 39.0 Å². The summed E-state index contributed by atoms with van der Waals surface area (Å²) in [5.41, 5.74) is 5.04. The second kappa shape index (κ2) is 22.0. The first kappa shape index (κ1) is 48.5. The fourth-order valence-corrected chi connectivity index (χ4v) is 9.91. The standard InChI is InChI=1S/C54H58ClN7O7/c1-3-15-39(57-53-56-35-44(55)48(59-53)38-19-14-18-37(32-38)36-16-10-9-11-17-36)33-40(4-2)61-30-27-54(52(61)68)25-28-60(29-26-54)47(64)20-12-7-5-6-8-13-31-69-41-21-22-42-43(34-41)51(67)62(50(42)66)45-23-24-46(63)58-49(45)65/h3-4,9-11,14-19,21-22,32-35,45H,5-8,12-13,20,23-31H2,1-2H3,(H,56,57,59)(H,58,63,65)/b15-3+,39-33+,40-4+. The van der Waals surface area contributed by atoms with Crippen LogP contribution >= 0.6 is 11.6 Å². The summed E-state index contributed by atoms with van der Waals surface area (Å²) >= 11 is 6.65. The van der Waals surface area contributed by atoms with Gasteiger partial charge in [-0.15, -0.1) is 0 Å². The van der Waals surface area contributed by atoms with E-state index in [1.54, 1.807) is 24.4 Å². The fourth-order valence-electron chi connectivity index (χ4n) is 9.71. The number of piperidine rings is 2. The van der Waals surface area contributed by atoms with Gasteiger partial charge in [0, 0.05) is 49.4 Å². The monoisotopic (exact) mass is 951 g/mol. The molecule has 1 aromatic heterocycles. The molecule has 0 saturated carbocycles. The summed E-state index contributed by atoms with van der Waals surface area (Å²) in [6, 6.07) is 22.0. The van der Waals surface area contributed by atoms with E-state index < -0.39 is 35.1 Å². The number of aromatic nitrogens is 2. The second-order valence-corrected chi connectivity index (χ2v) is 18.4. The number of unbranched alkanes of at least 4 members (excludes halogenated alkanes) is 5. The molecule has 1 atom stereocenters. The highest BCUT2D eigenvalue weighted by Gasteiger charge is 2.49. The molecule has 0 radical (unpaired) electrons. The van der Waals surface area contributed by atoms with Crippen molar-refractivity contribution < 1.29 is 33.5 Å². The average molecular weight is 953 g/mol. The van der Waals surface area contributed by atoms with E-state index in [0.717, 1.165) is 77.9 Å². The van der Waals surface area contributed by atoms with Crippen LogP contribution in [0.3, 0.4) is 0 Å². The minimum Gasteiger partial charge on any atom is -0.494 e. The van der Waals surface area contributed by atoms with Crippen LogP contribution < -0.4 is 15.4 Å². The Morgan fingerprint density at radius 3 is 2.30 bits per heavy atom. The number of fused-ring (bicyclic) bond motifs is 1. The van der Waals surface area contributed by atoms with Crippen LogP contribution in [0, 0.1) is 5.41 Å². The molecule has 3 aromatic carbocycles. The first-order chi connectivity index (χ1) is 33.5. The summed E-state index contributed by atoms with van der Waals surface area (Å²) in [5, 5.41) is 5.99. The Kier molecular flexibility index (Phi) is 15.5. The molecule has 358 valence electrons. The highest BCUT2D eigenvalue weighted by Crippen LogP contribution is 2.43. The maximum absolute atomic E-state index is 14.2. The smallest absolute Gasteiger partial charge is 0.262 e. The maximum atomic E-state index is 14.2. The Morgan fingerprint density at radius 1 is 0.841 bits per heavy atom. The Bertz CT molecular complexity index is 2710. The molecule has 69 heavy (non-hydrogen) atoms. The second-order valence-electron chi connectivity index (χ2n) is 18.0. The number of hydrogen-bond acceptors (Lipinski definition) is 10. The first-order valence-corrected chi connectivity index (χ1v) is 24.4. The van der Waals surface area contributed by atoms with Crippen LogP contribution in [-0.4, -0.2) is 92.4 Å². The van der Waals surface area contributed by atoms with Crippen molar-refractivity contribution in [3.05, 3.63) is 131 Å². The number of halogens is 1. The zero-order valence-corrected chi connectivity index (χ0v) is 39.9. The topological polar surface area (TPSA) is 171 Å². The number of carbonyl (C=O) groups is 6. The molecule has 4 aliphatic rings. The van der Waals surface area contributed by atoms with Crippen molar-refractivity contribution in [2.45, 2.75) is 96.9 Å². The van der Waals surface area contributed by atoms with Gasteiger partial charge in [-0.05, 0) is 99.9 Å². The van der Waals surface area contributed by atoms with Crippen molar-refractivity contribution in [2.75, 3.05) is 31.6 Å². The Balaban J connectivity index is 0.750. The third-order valence-electron chi connectivity index (χ3n) is 13.6. The molecule has 1 unspecified atom stereocenters. The molecule has 0 aliphatic carbocycles. The number of amides is 6. The van der Waals surface area contributed by atoms with E-state index in [4.69, 9.17) is 21.3 Å². The van der Waals surface area contributed by atoms with Crippen LogP contribution in [0.4, 0.5) is 5.95 Å². The van der Waals surface area contributed by atoms with Crippen LogP contribution in [0.1, 0.15) is 112 Å². The molecule has 4 aromatic rings. The van der Waals surface area contributed by atoms with Gasteiger partial charge < -0.3 is 19.9 Å². The van der Waals surface area contributed by atoms with Crippen LogP contribution in [0.25, 0.3) is 22.4 Å². The summed E-state index contributed by atoms with van der Waals surface area (Å²) in [7, 11) is 0. The van der Waals surface area contributed by atoms with Gasteiger partial charge in [-0.1, -0.05) is 98.0 Å². The Labute approximate surface area is 407 Å². The molecule has 4 aliphatic heterocycles. The minimum absolute atomic E-state index is 0.0654. The van der Waals surface area contributed by atoms with Crippen molar-refractivity contribution in [3.8, 4) is 28.1 Å². The summed E-state index contributed by atoms with van der Waals surface area (Å²) in [5.74, 6) is -1.07. The van der Waals surface area contributed by atoms with Crippen molar-refractivity contribution in [1.82, 2.24) is 30.0 Å². The van der Waals surface area contributed by atoms with Gasteiger partial charge in [-0.25, -0.2) is 9.97 Å². The molecule has 0 bridgehead atoms. The summed E-state index contributed by atoms with van der Waals surface area (Å²) in [6.07, 6.45) is 17.5. The molecule has 8 rings (SSSR count). The van der Waals surface area contributed by atoms with E-state index in [0.29, 0.717) is 67.9 Å². The number of ether oxygens (including phenoxy) is 1. The first-order valence-electron chi connectivity index (χ1n) is 24.0. The molecular formula is C54H58ClN7O7. The van der Waals surface area contributed by atoms with E-state index in [1.165, 1.54) is 0 Å². The van der Waals surface area contributed by atoms with E-state index in [9.17, 15) is 28.8 Å². The third-order valence-corrected chi connectivity index (χ3v) is 13.8. The predicted octanol–water partition coefficient (Wildman–Crippen LogP) is 9.29. The van der Waals surface area contributed by atoms with E-state index in [-0.39, 0.29) is 35.8 Å². The molecule has 1 spiro atoms. The number of likely N-dealkylation sites (tertiary alicyclic amines) is 2. The van der Waals surface area contributed by atoms with Gasteiger partial charge >= 0.3 is 0 Å². The fraction of sp³-hybridized carbons (Fsp3) is 0.370. The molecule has 3 fully saturated rings. The van der Waals surface area contributed by atoms with Crippen LogP contribution in [0.5, 0.6) is 5.75 Å². The lowest BCUT2D eigenvalue weighted by atomic mass is 9.77. The van der Waals surface area contributed by atoms with Gasteiger partial charge in [0.1, 0.15) is 11.8 Å². The predicted molar refractivity (Wildman–Crippen MR) is 264 cm³/mol. The van der Waals surface area contributed by atoms with Crippen molar-refractivity contribution in [1.29, 1.82) is 0 Å². The molecule has 2 N–H and O–H groups in total. The van der Waals surface area contributed by atoms with Crippen LogP contribution in [0.15, 0.2) is 115 Å². The number of nitrogens with zero attached hydrogens (tertiary/aromatic N) is 5. The SMILES string of the molecule is C/C=C/C(=C\C(=C/C)N1CCC2(CCN(C(=O)CCCCCCCCOc3ccc4c(c3)C(=O)N(C3CCC(=O)NC3=O)C4=O)CC2)C1=O)Nc1ncc(Cl)c(-c2cccc(-c3ccccc3)c2)n1. The quantitative estimate of drug-likeness (QED) is 0.0557. The molecule has 15 heteroatoms. The number of allylic oxidation sites excluding steroid dienone is 4. The minimum atomic E-state index is -1.01. The zero-order valence-electron chi connectivity index (χ0n) is 39.2. The number of rotatable bonds is 18. The number of imide groups is 2. The van der Waals surface area contributed by atoms with Crippen LogP contribution in [0.2, 0.25) is 5.02 Å². The number of benzene rings is 3. The molecule has 5 heterocycles. The Hall–Kier alpha value is -6.93. The summed E-state index contributed by atoms with van der Waals surface area (Å²) < 4.78 is 5.90. The van der Waals surface area contributed by atoms with E-state index in [2.05, 4.69) is 39.9 Å². The zero-order chi connectivity index (χ0) is 48.5. The van der Waals surface area contributed by atoms with Gasteiger partial charge in [0.25, 0.3) is 11.8 Å². The normalized spacial score (nSPS) is 18.4. The molecule has 6 amide bonds. The third kappa shape index (κ3) is 11.0. The number of hydrogen-bond donors (Lipinski definition) is 2. The Morgan fingerprint density at radius 2 is 1.55 bits per heavy atom. The number of nitrogens with one attached hydrogen (secondary N) is 2. The maximum Gasteiger partial charge on any atom is 0.262 e. The van der Waals surface area contributed by atoms with Gasteiger partial charge in [-0.2, -0.15) is 0 Å². The number of carbonyl (C=O) groups excluding carboxylic acids is 6. The van der Waals surface area contributed by atoms with Crippen molar-refractivity contribution in [2.24, 2.45) is 5.41 Å². The van der Waals surface area contributed by atoms with Crippen molar-refractivity contribution in [3.63, 3.8) is 0 Å². The van der Waals surface area contributed by atoms with Gasteiger partial charge in [0.05, 0.1) is 40.1 Å². The average Bonchev–Trinajstić information content (AvgIpc) is 3.80. The summed E-state index contributed by atoms with van der Waals surface area (Å²) in [6.45, 7) is 6.05.